The van der Waals surface area contributed by atoms with Gasteiger partial charge in [0, 0.05) is 17.2 Å². The quantitative estimate of drug-likeness (QED) is 0.514. The fourth-order valence-electron chi connectivity index (χ4n) is 3.31. The Balaban J connectivity index is 1.61. The summed E-state index contributed by atoms with van der Waals surface area (Å²) in [7, 11) is 0. The van der Waals surface area contributed by atoms with Crippen LogP contribution in [0.4, 0.5) is 11.5 Å². The molecule has 0 saturated carbocycles. The number of rotatable bonds is 4. The molecule has 9 heteroatoms. The summed E-state index contributed by atoms with van der Waals surface area (Å²) in [6.07, 6.45) is 4.40. The molecule has 1 amide bonds. The van der Waals surface area contributed by atoms with Crippen LogP contribution in [-0.4, -0.2) is 21.1 Å². The number of aryl methyl sites for hydroxylation is 2. The van der Waals surface area contributed by atoms with Crippen molar-refractivity contribution in [1.29, 1.82) is 0 Å². The molecule has 142 valence electrons. The summed E-state index contributed by atoms with van der Waals surface area (Å²) >= 11 is 5.79. The highest BCUT2D eigenvalue weighted by Crippen LogP contribution is 2.30. The number of carbonyl (C=O) groups excluding carboxylic acids is 1. The standard InChI is InChI=1S/C19H15ClN4O4/c20-15-8-7-14(10-16(15)24(26)27)19(25)21-18-17(22-28-23-18)13-6-5-11-3-1-2-4-12(11)9-13/h5-10H,1-4H2,(H,21,23,25). The molecule has 1 heterocycles. The van der Waals surface area contributed by atoms with Crippen molar-refractivity contribution in [3.63, 3.8) is 0 Å². The molecular formula is C19H15ClN4O4. The average molecular weight is 399 g/mol. The second-order valence-corrected chi connectivity index (χ2v) is 6.94. The van der Waals surface area contributed by atoms with Crippen LogP contribution in [0.1, 0.15) is 34.3 Å². The topological polar surface area (TPSA) is 111 Å². The number of carbonyl (C=O) groups is 1. The third-order valence-electron chi connectivity index (χ3n) is 4.75. The molecule has 0 radical (unpaired) electrons. The number of nitro groups is 1. The van der Waals surface area contributed by atoms with Crippen LogP contribution in [0.3, 0.4) is 0 Å². The maximum atomic E-state index is 12.5. The Labute approximate surface area is 164 Å². The van der Waals surface area contributed by atoms with Crippen LogP contribution in [0, 0.1) is 10.1 Å². The summed E-state index contributed by atoms with van der Waals surface area (Å²) in [6.45, 7) is 0. The summed E-state index contributed by atoms with van der Waals surface area (Å²) < 4.78 is 4.82. The molecule has 2 aromatic carbocycles. The van der Waals surface area contributed by atoms with Gasteiger partial charge >= 0.3 is 0 Å². The number of nitrogens with zero attached hydrogens (tertiary/aromatic N) is 3. The number of hydrogen-bond acceptors (Lipinski definition) is 6. The normalized spacial score (nSPS) is 13.0. The molecule has 1 aliphatic carbocycles. The summed E-state index contributed by atoms with van der Waals surface area (Å²) in [5, 5.41) is 21.3. The van der Waals surface area contributed by atoms with E-state index in [0.29, 0.717) is 5.69 Å². The van der Waals surface area contributed by atoms with Crippen LogP contribution in [0.2, 0.25) is 5.02 Å². The lowest BCUT2D eigenvalue weighted by Gasteiger charge is -2.16. The Morgan fingerprint density at radius 3 is 2.68 bits per heavy atom. The van der Waals surface area contributed by atoms with Gasteiger partial charge < -0.3 is 5.32 Å². The molecule has 28 heavy (non-hydrogen) atoms. The highest BCUT2D eigenvalue weighted by Gasteiger charge is 2.20. The summed E-state index contributed by atoms with van der Waals surface area (Å²) in [5.41, 5.74) is 3.52. The first-order valence-corrected chi connectivity index (χ1v) is 9.11. The van der Waals surface area contributed by atoms with Crippen LogP contribution >= 0.6 is 11.6 Å². The number of anilines is 1. The van der Waals surface area contributed by atoms with E-state index in [1.807, 2.05) is 12.1 Å². The molecule has 1 N–H and O–H groups in total. The lowest BCUT2D eigenvalue weighted by molar-refractivity contribution is -0.384. The Bertz CT molecular complexity index is 1080. The first kappa shape index (κ1) is 18.1. The monoisotopic (exact) mass is 398 g/mol. The summed E-state index contributed by atoms with van der Waals surface area (Å²) in [6, 6.07) is 9.84. The zero-order chi connectivity index (χ0) is 19.7. The Kier molecular flexibility index (Phi) is 4.79. The molecule has 1 aliphatic rings. The van der Waals surface area contributed by atoms with Crippen molar-refractivity contribution in [3.8, 4) is 11.3 Å². The van der Waals surface area contributed by atoms with Crippen molar-refractivity contribution >= 4 is 29.0 Å². The van der Waals surface area contributed by atoms with Crippen LogP contribution < -0.4 is 5.32 Å². The minimum Gasteiger partial charge on any atom is -0.302 e. The predicted molar refractivity (Wildman–Crippen MR) is 102 cm³/mol. The lowest BCUT2D eigenvalue weighted by Crippen LogP contribution is -2.13. The fourth-order valence-corrected chi connectivity index (χ4v) is 3.50. The van der Waals surface area contributed by atoms with E-state index in [4.69, 9.17) is 16.2 Å². The van der Waals surface area contributed by atoms with Crippen LogP contribution in [0.15, 0.2) is 41.0 Å². The lowest BCUT2D eigenvalue weighted by atomic mass is 9.90. The number of benzene rings is 2. The molecule has 0 saturated heterocycles. The van der Waals surface area contributed by atoms with Gasteiger partial charge in [-0.3, -0.25) is 14.9 Å². The van der Waals surface area contributed by atoms with Crippen molar-refractivity contribution in [2.24, 2.45) is 0 Å². The number of nitrogens with one attached hydrogen (secondary N) is 1. The van der Waals surface area contributed by atoms with Crippen LogP contribution in [-0.2, 0) is 12.8 Å². The van der Waals surface area contributed by atoms with Gasteiger partial charge in [-0.25, -0.2) is 4.63 Å². The number of fused-ring (bicyclic) bond motifs is 1. The molecule has 0 bridgehead atoms. The zero-order valence-electron chi connectivity index (χ0n) is 14.6. The van der Waals surface area contributed by atoms with Gasteiger partial charge in [0.2, 0.25) is 5.82 Å². The van der Waals surface area contributed by atoms with Gasteiger partial charge in [-0.1, -0.05) is 23.7 Å². The van der Waals surface area contributed by atoms with E-state index in [-0.39, 0.29) is 22.1 Å². The van der Waals surface area contributed by atoms with Crippen molar-refractivity contribution in [2.75, 3.05) is 5.32 Å². The van der Waals surface area contributed by atoms with Crippen molar-refractivity contribution < 1.29 is 14.3 Å². The van der Waals surface area contributed by atoms with Gasteiger partial charge in [0.05, 0.1) is 4.92 Å². The SMILES string of the molecule is O=C(Nc1nonc1-c1ccc2c(c1)CCCC2)c1ccc(Cl)c([N+](=O)[O-])c1. The molecule has 1 aromatic heterocycles. The maximum absolute atomic E-state index is 12.5. The van der Waals surface area contributed by atoms with E-state index in [0.717, 1.165) is 30.9 Å². The second kappa shape index (κ2) is 7.40. The fraction of sp³-hybridized carbons (Fsp3) is 0.211. The van der Waals surface area contributed by atoms with Crippen molar-refractivity contribution in [2.45, 2.75) is 25.7 Å². The smallest absolute Gasteiger partial charge is 0.288 e. The highest BCUT2D eigenvalue weighted by molar-refractivity contribution is 6.32. The Morgan fingerprint density at radius 2 is 1.89 bits per heavy atom. The van der Waals surface area contributed by atoms with Gasteiger partial charge in [0.1, 0.15) is 5.02 Å². The van der Waals surface area contributed by atoms with E-state index in [2.05, 4.69) is 21.7 Å². The Hall–Kier alpha value is -3.26. The van der Waals surface area contributed by atoms with E-state index >= 15 is 0 Å². The third kappa shape index (κ3) is 3.46. The highest BCUT2D eigenvalue weighted by atomic mass is 35.5. The van der Waals surface area contributed by atoms with Crippen molar-refractivity contribution in [1.82, 2.24) is 10.3 Å². The maximum Gasteiger partial charge on any atom is 0.288 e. The first-order chi connectivity index (χ1) is 13.5. The number of halogens is 1. The third-order valence-corrected chi connectivity index (χ3v) is 5.07. The number of aromatic nitrogens is 2. The molecule has 4 rings (SSSR count). The van der Waals surface area contributed by atoms with Crippen LogP contribution in [0.5, 0.6) is 0 Å². The molecule has 0 aliphatic heterocycles. The minimum absolute atomic E-state index is 0.0422. The molecule has 0 unspecified atom stereocenters. The summed E-state index contributed by atoms with van der Waals surface area (Å²) in [4.78, 5) is 22.9. The molecule has 3 aromatic rings. The van der Waals surface area contributed by atoms with E-state index in [1.54, 1.807) is 0 Å². The van der Waals surface area contributed by atoms with Gasteiger partial charge in [-0.05, 0) is 65.3 Å². The average Bonchev–Trinajstić information content (AvgIpc) is 3.15. The number of nitro benzene ring substituents is 1. The van der Waals surface area contributed by atoms with Gasteiger partial charge in [0.25, 0.3) is 11.6 Å². The van der Waals surface area contributed by atoms with Crippen LogP contribution in [0.25, 0.3) is 11.3 Å². The molecule has 0 spiro atoms. The van der Waals surface area contributed by atoms with Gasteiger partial charge in [-0.15, -0.1) is 0 Å². The zero-order valence-corrected chi connectivity index (χ0v) is 15.4. The first-order valence-electron chi connectivity index (χ1n) is 8.73. The molecule has 8 nitrogen and oxygen atoms in total. The van der Waals surface area contributed by atoms with Gasteiger partial charge in [0.15, 0.2) is 5.69 Å². The number of amides is 1. The number of hydrogen-bond donors (Lipinski definition) is 1. The van der Waals surface area contributed by atoms with E-state index in [1.165, 1.54) is 29.7 Å². The largest absolute Gasteiger partial charge is 0.302 e. The molecule has 0 fully saturated rings. The molecular weight excluding hydrogens is 384 g/mol. The summed E-state index contributed by atoms with van der Waals surface area (Å²) in [5.74, 6) is -0.423. The Morgan fingerprint density at radius 1 is 1.11 bits per heavy atom. The minimum atomic E-state index is -0.644. The second-order valence-electron chi connectivity index (χ2n) is 6.53. The van der Waals surface area contributed by atoms with Gasteiger partial charge in [-0.2, -0.15) is 0 Å². The predicted octanol–water partition coefficient (Wildman–Crippen LogP) is 4.43. The van der Waals surface area contributed by atoms with E-state index < -0.39 is 10.8 Å². The molecule has 0 atom stereocenters. The van der Waals surface area contributed by atoms with Crippen molar-refractivity contribution in [3.05, 3.63) is 68.2 Å². The van der Waals surface area contributed by atoms with E-state index in [9.17, 15) is 14.9 Å².